The van der Waals surface area contributed by atoms with Gasteiger partial charge in [0.05, 0.1) is 16.5 Å². The quantitative estimate of drug-likeness (QED) is 0.165. The minimum Gasteiger partial charge on any atom is -0.455 e. The highest BCUT2D eigenvalue weighted by molar-refractivity contribution is 6.13. The number of para-hydroxylation sites is 1. The van der Waals surface area contributed by atoms with Gasteiger partial charge in [-0.25, -0.2) is 0 Å². The molecule has 0 radical (unpaired) electrons. The molecule has 1 spiro atoms. The molecule has 1 heterocycles. The topological polar surface area (TPSA) is 16.4 Å². The van der Waals surface area contributed by atoms with Gasteiger partial charge >= 0.3 is 0 Å². The van der Waals surface area contributed by atoms with Crippen molar-refractivity contribution in [3.05, 3.63) is 305 Å². The molecule has 0 N–H and O–H groups in total. The van der Waals surface area contributed by atoms with Gasteiger partial charge in [-0.2, -0.15) is 0 Å². The Balaban J connectivity index is 1.04. The van der Waals surface area contributed by atoms with Crippen LogP contribution in [0, 0.1) is 0 Å². The normalized spacial score (nSPS) is 15.3. The molecule has 3 aliphatic rings. The van der Waals surface area contributed by atoms with Crippen LogP contribution in [0.15, 0.2) is 265 Å². The van der Waals surface area contributed by atoms with E-state index >= 15 is 0 Å². The summed E-state index contributed by atoms with van der Waals surface area (Å²) >= 11 is 0. The summed E-state index contributed by atoms with van der Waals surface area (Å²) in [4.78, 5) is 2.55. The van der Waals surface area contributed by atoms with Gasteiger partial charge in [-0.15, -0.1) is 0 Å². The Bertz CT molecular complexity index is 4020. The van der Waals surface area contributed by atoms with Gasteiger partial charge in [0.2, 0.25) is 0 Å². The number of furan rings is 1. The lowest BCUT2D eigenvalue weighted by Gasteiger charge is -2.37. The number of fused-ring (bicyclic) bond motifs is 17. The van der Waals surface area contributed by atoms with Gasteiger partial charge in [0.1, 0.15) is 11.2 Å². The maximum atomic E-state index is 6.95. The molecule has 0 fully saturated rings. The molecule has 2 heteroatoms. The van der Waals surface area contributed by atoms with E-state index in [1.807, 2.05) is 0 Å². The molecule has 12 aromatic rings. The summed E-state index contributed by atoms with van der Waals surface area (Å²) in [5, 5.41) is 2.28. The number of hydrogen-bond acceptors (Lipinski definition) is 2. The third-order valence-electron chi connectivity index (χ3n) is 15.8. The summed E-state index contributed by atoms with van der Waals surface area (Å²) < 4.78 is 6.95. The van der Waals surface area contributed by atoms with E-state index in [0.717, 1.165) is 39.0 Å². The third kappa shape index (κ3) is 5.12. The molecule has 70 heavy (non-hydrogen) atoms. The second-order valence-corrected chi connectivity index (χ2v) is 19.0. The van der Waals surface area contributed by atoms with Crippen molar-refractivity contribution in [2.45, 2.75) is 10.8 Å². The fraction of sp³-hybridized carbons (Fsp3) is 0.0294. The number of nitrogens with zero attached hydrogens (tertiary/aromatic N) is 1. The lowest BCUT2D eigenvalue weighted by atomic mass is 9.67. The first-order valence-corrected chi connectivity index (χ1v) is 24.3. The Morgan fingerprint density at radius 2 is 0.843 bits per heavy atom. The molecule has 0 bridgehead atoms. The van der Waals surface area contributed by atoms with Crippen LogP contribution in [0.2, 0.25) is 0 Å². The first kappa shape index (κ1) is 39.1. The predicted octanol–water partition coefficient (Wildman–Crippen LogP) is 17.4. The van der Waals surface area contributed by atoms with Crippen LogP contribution in [0.25, 0.3) is 66.4 Å². The molecular formula is C68H43NO. The fourth-order valence-electron chi connectivity index (χ4n) is 13.1. The summed E-state index contributed by atoms with van der Waals surface area (Å²) in [5.41, 5.74) is 23.8. The third-order valence-corrected chi connectivity index (χ3v) is 15.8. The summed E-state index contributed by atoms with van der Waals surface area (Å²) in [5.74, 6) is 0. The first-order chi connectivity index (χ1) is 34.7. The molecule has 15 rings (SSSR count). The number of anilines is 3. The van der Waals surface area contributed by atoms with Gasteiger partial charge in [-0.1, -0.05) is 224 Å². The highest BCUT2D eigenvalue weighted by Gasteiger charge is 2.54. The molecule has 1 aromatic heterocycles. The van der Waals surface area contributed by atoms with Crippen LogP contribution >= 0.6 is 0 Å². The summed E-state index contributed by atoms with van der Waals surface area (Å²) in [7, 11) is 0. The zero-order chi connectivity index (χ0) is 46.0. The van der Waals surface area contributed by atoms with E-state index in [1.54, 1.807) is 0 Å². The Morgan fingerprint density at radius 3 is 1.56 bits per heavy atom. The van der Waals surface area contributed by atoms with E-state index < -0.39 is 10.8 Å². The minimum atomic E-state index is -0.658. The molecular weight excluding hydrogens is 847 g/mol. The van der Waals surface area contributed by atoms with Crippen molar-refractivity contribution < 1.29 is 4.42 Å². The predicted molar refractivity (Wildman–Crippen MR) is 287 cm³/mol. The Morgan fingerprint density at radius 1 is 0.314 bits per heavy atom. The van der Waals surface area contributed by atoms with Gasteiger partial charge in [0, 0.05) is 33.3 Å². The molecule has 2 nitrogen and oxygen atoms in total. The van der Waals surface area contributed by atoms with E-state index in [9.17, 15) is 0 Å². The Labute approximate surface area is 407 Å². The molecule has 3 aliphatic carbocycles. The monoisotopic (exact) mass is 889 g/mol. The minimum absolute atomic E-state index is 0.565. The molecule has 326 valence electrons. The molecule has 0 saturated carbocycles. The molecule has 0 saturated heterocycles. The number of benzene rings is 11. The van der Waals surface area contributed by atoms with Gasteiger partial charge < -0.3 is 9.32 Å². The largest absolute Gasteiger partial charge is 0.455 e. The molecule has 11 aromatic carbocycles. The first-order valence-electron chi connectivity index (χ1n) is 24.3. The highest BCUT2D eigenvalue weighted by atomic mass is 16.3. The molecule has 0 aliphatic heterocycles. The molecule has 1 unspecified atom stereocenters. The van der Waals surface area contributed by atoms with Crippen LogP contribution in [-0.4, -0.2) is 0 Å². The van der Waals surface area contributed by atoms with Crippen molar-refractivity contribution in [3.8, 4) is 44.5 Å². The Kier molecular flexibility index (Phi) is 8.24. The average molecular weight is 890 g/mol. The van der Waals surface area contributed by atoms with Crippen LogP contribution in [0.3, 0.4) is 0 Å². The zero-order valence-electron chi connectivity index (χ0n) is 38.2. The highest BCUT2D eigenvalue weighted by Crippen LogP contribution is 2.67. The van der Waals surface area contributed by atoms with E-state index in [4.69, 9.17) is 4.42 Å². The van der Waals surface area contributed by atoms with E-state index in [-0.39, 0.29) is 0 Å². The fourth-order valence-corrected chi connectivity index (χ4v) is 13.1. The SMILES string of the molecule is c1ccc(-c2ccc(N(c3ccc4c(c3)C(c3ccccc3)(c3ccccc3)c3ccccc3-4)c3cccc4c3C3(c5ccccc5-4)c4ccccc4-c4c3ccc3c4oc4ccccc43)cc2)cc1. The van der Waals surface area contributed by atoms with Gasteiger partial charge in [-0.3, -0.25) is 0 Å². The van der Waals surface area contributed by atoms with Crippen molar-refractivity contribution in [2.24, 2.45) is 0 Å². The van der Waals surface area contributed by atoms with Gasteiger partial charge in [0.15, 0.2) is 0 Å². The van der Waals surface area contributed by atoms with Crippen molar-refractivity contribution >= 4 is 39.0 Å². The van der Waals surface area contributed by atoms with Gasteiger partial charge in [-0.05, 0) is 114 Å². The van der Waals surface area contributed by atoms with Crippen LogP contribution in [-0.2, 0) is 10.8 Å². The second kappa shape index (κ2) is 14.8. The van der Waals surface area contributed by atoms with Gasteiger partial charge in [0.25, 0.3) is 0 Å². The van der Waals surface area contributed by atoms with E-state index in [1.165, 1.54) is 89.0 Å². The van der Waals surface area contributed by atoms with Crippen molar-refractivity contribution in [1.29, 1.82) is 0 Å². The average Bonchev–Trinajstić information content (AvgIpc) is 4.15. The second-order valence-electron chi connectivity index (χ2n) is 19.0. The lowest BCUT2D eigenvalue weighted by molar-refractivity contribution is 0.669. The number of hydrogen-bond donors (Lipinski definition) is 0. The summed E-state index contributed by atoms with van der Waals surface area (Å²) in [6.45, 7) is 0. The van der Waals surface area contributed by atoms with Crippen molar-refractivity contribution in [1.82, 2.24) is 0 Å². The Hall–Kier alpha value is -8.98. The van der Waals surface area contributed by atoms with Crippen LogP contribution in [0.4, 0.5) is 17.1 Å². The van der Waals surface area contributed by atoms with Crippen molar-refractivity contribution in [3.63, 3.8) is 0 Å². The van der Waals surface area contributed by atoms with Crippen LogP contribution in [0.1, 0.15) is 44.5 Å². The standard InChI is InChI=1S/C68H43NO/c1-4-19-44(20-5-1)45-35-37-48(38-36-45)69(49-39-40-52-50-25-10-14-30-57(50)67(61(52)43-49,46-21-6-2-7-22-46)47-23-8-3-9-24-47)62-33-18-29-54-51-26-11-15-31-58(51)68(65(54)62)59-32-16-12-28-56(59)64-60(68)42-41-55-53-27-13-17-34-63(53)70-66(55)64/h1-43H. The van der Waals surface area contributed by atoms with Crippen LogP contribution < -0.4 is 4.90 Å². The van der Waals surface area contributed by atoms with E-state index in [2.05, 4.69) is 266 Å². The van der Waals surface area contributed by atoms with E-state index in [0.29, 0.717) is 0 Å². The van der Waals surface area contributed by atoms with Crippen LogP contribution in [0.5, 0.6) is 0 Å². The maximum Gasteiger partial charge on any atom is 0.143 e. The molecule has 0 amide bonds. The van der Waals surface area contributed by atoms with Crippen molar-refractivity contribution in [2.75, 3.05) is 4.90 Å². The smallest absolute Gasteiger partial charge is 0.143 e. The summed E-state index contributed by atoms with van der Waals surface area (Å²) in [6, 6.07) is 96.7. The molecule has 1 atom stereocenters. The summed E-state index contributed by atoms with van der Waals surface area (Å²) in [6.07, 6.45) is 0. The zero-order valence-corrected chi connectivity index (χ0v) is 38.2. The lowest BCUT2D eigenvalue weighted by Crippen LogP contribution is -2.29. The number of rotatable bonds is 6. The maximum absolute atomic E-state index is 6.95.